The van der Waals surface area contributed by atoms with E-state index in [1.807, 2.05) is 0 Å². The molecule has 6 heteroatoms. The molecule has 0 bridgehead atoms. The molecule has 0 aliphatic carbocycles. The van der Waals surface area contributed by atoms with E-state index in [0.29, 0.717) is 12.1 Å². The summed E-state index contributed by atoms with van der Waals surface area (Å²) in [7, 11) is 0. The average Bonchev–Trinajstić information content (AvgIpc) is 2.83. The molecule has 3 heterocycles. The van der Waals surface area contributed by atoms with E-state index in [1.54, 1.807) is 6.07 Å². The van der Waals surface area contributed by atoms with Gasteiger partial charge in [0.15, 0.2) is 0 Å². The molecular formula is C13H18N4O2. The third-order valence-electron chi connectivity index (χ3n) is 4.15. The Morgan fingerprint density at radius 2 is 2.21 bits per heavy atom. The number of pyridine rings is 1. The van der Waals surface area contributed by atoms with Crippen LogP contribution in [0.3, 0.4) is 0 Å². The number of nitro groups is 1. The summed E-state index contributed by atoms with van der Waals surface area (Å²) >= 11 is 0. The summed E-state index contributed by atoms with van der Waals surface area (Å²) in [6.07, 6.45) is 6.29. The maximum atomic E-state index is 10.6. The Hall–Kier alpha value is -1.69. The van der Waals surface area contributed by atoms with Gasteiger partial charge in [-0.05, 0) is 31.9 Å². The van der Waals surface area contributed by atoms with Crippen molar-refractivity contribution in [3.05, 3.63) is 28.4 Å². The van der Waals surface area contributed by atoms with Gasteiger partial charge >= 0.3 is 0 Å². The molecule has 1 aromatic rings. The predicted octanol–water partition coefficient (Wildman–Crippen LogP) is 2.03. The molecule has 6 nitrogen and oxygen atoms in total. The molecule has 3 rings (SSSR count). The minimum absolute atomic E-state index is 0.0382. The molecule has 2 saturated heterocycles. The Bertz CT molecular complexity index is 462. The van der Waals surface area contributed by atoms with Gasteiger partial charge in [0.05, 0.1) is 4.92 Å². The molecule has 0 unspecified atom stereocenters. The van der Waals surface area contributed by atoms with Crippen molar-refractivity contribution in [2.24, 2.45) is 0 Å². The Morgan fingerprint density at radius 3 is 2.95 bits per heavy atom. The van der Waals surface area contributed by atoms with Gasteiger partial charge < -0.3 is 5.32 Å². The van der Waals surface area contributed by atoms with E-state index in [0.717, 1.165) is 18.8 Å². The van der Waals surface area contributed by atoms with E-state index in [-0.39, 0.29) is 5.69 Å². The molecule has 0 aromatic carbocycles. The van der Waals surface area contributed by atoms with E-state index >= 15 is 0 Å². The van der Waals surface area contributed by atoms with Crippen LogP contribution in [0.1, 0.15) is 25.7 Å². The summed E-state index contributed by atoms with van der Waals surface area (Å²) in [5.74, 6) is 0.739. The van der Waals surface area contributed by atoms with Crippen molar-refractivity contribution < 1.29 is 4.92 Å². The fraction of sp³-hybridized carbons (Fsp3) is 0.615. The van der Waals surface area contributed by atoms with E-state index in [2.05, 4.69) is 15.2 Å². The first-order chi connectivity index (χ1) is 9.24. The van der Waals surface area contributed by atoms with Gasteiger partial charge in [-0.1, -0.05) is 6.42 Å². The molecule has 2 aliphatic rings. The van der Waals surface area contributed by atoms with Crippen molar-refractivity contribution in [3.8, 4) is 0 Å². The fourth-order valence-electron chi connectivity index (χ4n) is 3.19. The highest BCUT2D eigenvalue weighted by molar-refractivity contribution is 5.41. The molecule has 102 valence electrons. The summed E-state index contributed by atoms with van der Waals surface area (Å²) in [5, 5.41) is 14.0. The summed E-state index contributed by atoms with van der Waals surface area (Å²) in [5.41, 5.74) is 0.0382. The zero-order valence-electron chi connectivity index (χ0n) is 10.8. The van der Waals surface area contributed by atoms with Crippen LogP contribution in [0.25, 0.3) is 0 Å². The minimum Gasteiger partial charge on any atom is -0.366 e. The highest BCUT2D eigenvalue weighted by Gasteiger charge is 2.35. The van der Waals surface area contributed by atoms with Gasteiger partial charge in [0.1, 0.15) is 12.0 Å². The molecule has 1 aromatic heterocycles. The number of anilines is 1. The zero-order chi connectivity index (χ0) is 13.2. The van der Waals surface area contributed by atoms with E-state index in [1.165, 1.54) is 38.1 Å². The van der Waals surface area contributed by atoms with Crippen molar-refractivity contribution in [3.63, 3.8) is 0 Å². The number of rotatable bonds is 3. The molecule has 2 aliphatic heterocycles. The molecule has 2 atom stereocenters. The first kappa shape index (κ1) is 12.3. The average molecular weight is 262 g/mol. The van der Waals surface area contributed by atoms with Gasteiger partial charge in [0.25, 0.3) is 5.69 Å². The number of nitrogens with zero attached hydrogens (tertiary/aromatic N) is 3. The van der Waals surface area contributed by atoms with Crippen LogP contribution in [0.4, 0.5) is 11.5 Å². The number of hydrogen-bond acceptors (Lipinski definition) is 5. The van der Waals surface area contributed by atoms with E-state index in [9.17, 15) is 10.1 Å². The normalized spacial score (nSPS) is 26.9. The van der Waals surface area contributed by atoms with Crippen molar-refractivity contribution in [1.29, 1.82) is 0 Å². The molecule has 19 heavy (non-hydrogen) atoms. The Balaban J connectivity index is 1.66. The Labute approximate surface area is 112 Å². The second-order valence-electron chi connectivity index (χ2n) is 5.30. The number of hydrogen-bond donors (Lipinski definition) is 1. The van der Waals surface area contributed by atoms with Crippen LogP contribution in [0, 0.1) is 10.1 Å². The van der Waals surface area contributed by atoms with E-state index in [4.69, 9.17) is 0 Å². The molecule has 0 radical (unpaired) electrons. The Morgan fingerprint density at radius 1 is 1.32 bits per heavy atom. The van der Waals surface area contributed by atoms with Crippen LogP contribution in [0.2, 0.25) is 0 Å². The van der Waals surface area contributed by atoms with Crippen LogP contribution in [-0.2, 0) is 0 Å². The fourth-order valence-corrected chi connectivity index (χ4v) is 3.19. The highest BCUT2D eigenvalue weighted by Crippen LogP contribution is 2.29. The molecule has 2 fully saturated rings. The predicted molar refractivity (Wildman–Crippen MR) is 72.1 cm³/mol. The van der Waals surface area contributed by atoms with Crippen LogP contribution in [0.15, 0.2) is 18.3 Å². The molecule has 0 saturated carbocycles. The third kappa shape index (κ3) is 2.53. The lowest BCUT2D eigenvalue weighted by molar-refractivity contribution is -0.385. The lowest BCUT2D eigenvalue weighted by Gasteiger charge is -2.32. The lowest BCUT2D eigenvalue weighted by Crippen LogP contribution is -2.41. The topological polar surface area (TPSA) is 71.3 Å². The van der Waals surface area contributed by atoms with Gasteiger partial charge in [-0.25, -0.2) is 4.98 Å². The van der Waals surface area contributed by atoms with Crippen molar-refractivity contribution in [1.82, 2.24) is 9.88 Å². The SMILES string of the molecule is O=[N+]([O-])c1ccc(N[C@H]2CCN3CCCC[C@@H]23)nc1. The number of nitrogens with one attached hydrogen (secondary N) is 1. The second-order valence-corrected chi connectivity index (χ2v) is 5.30. The summed E-state index contributed by atoms with van der Waals surface area (Å²) in [4.78, 5) is 16.8. The number of piperidine rings is 1. The minimum atomic E-state index is -0.421. The molecule has 1 N–H and O–H groups in total. The van der Waals surface area contributed by atoms with Crippen molar-refractivity contribution >= 4 is 11.5 Å². The van der Waals surface area contributed by atoms with Gasteiger partial charge in [0.2, 0.25) is 0 Å². The van der Waals surface area contributed by atoms with Gasteiger partial charge in [-0.3, -0.25) is 15.0 Å². The maximum Gasteiger partial charge on any atom is 0.287 e. The monoisotopic (exact) mass is 262 g/mol. The lowest BCUT2D eigenvalue weighted by atomic mass is 9.99. The summed E-state index contributed by atoms with van der Waals surface area (Å²) in [6.45, 7) is 2.35. The smallest absolute Gasteiger partial charge is 0.287 e. The first-order valence-corrected chi connectivity index (χ1v) is 6.85. The maximum absolute atomic E-state index is 10.6. The highest BCUT2D eigenvalue weighted by atomic mass is 16.6. The van der Waals surface area contributed by atoms with Crippen molar-refractivity contribution in [2.45, 2.75) is 37.8 Å². The molecule has 0 spiro atoms. The van der Waals surface area contributed by atoms with Crippen LogP contribution in [0.5, 0.6) is 0 Å². The zero-order valence-corrected chi connectivity index (χ0v) is 10.8. The number of fused-ring (bicyclic) bond motifs is 1. The quantitative estimate of drug-likeness (QED) is 0.666. The summed E-state index contributed by atoms with van der Waals surface area (Å²) < 4.78 is 0. The standard InChI is InChI=1S/C13H18N4O2/c18-17(19)10-4-5-13(14-9-10)15-11-6-8-16-7-2-1-3-12(11)16/h4-5,9,11-12H,1-3,6-8H2,(H,14,15)/t11-,12-/m0/s1. The van der Waals surface area contributed by atoms with Crippen LogP contribution in [-0.4, -0.2) is 40.0 Å². The molecule has 0 amide bonds. The second kappa shape index (κ2) is 5.13. The van der Waals surface area contributed by atoms with E-state index < -0.39 is 4.92 Å². The Kier molecular flexibility index (Phi) is 3.33. The summed E-state index contributed by atoms with van der Waals surface area (Å²) in [6, 6.07) is 4.23. The van der Waals surface area contributed by atoms with Crippen LogP contribution >= 0.6 is 0 Å². The van der Waals surface area contributed by atoms with Gasteiger partial charge in [-0.2, -0.15) is 0 Å². The van der Waals surface area contributed by atoms with Crippen LogP contribution < -0.4 is 5.32 Å². The van der Waals surface area contributed by atoms with Gasteiger partial charge in [0, 0.05) is 24.7 Å². The van der Waals surface area contributed by atoms with Crippen molar-refractivity contribution in [2.75, 3.05) is 18.4 Å². The first-order valence-electron chi connectivity index (χ1n) is 6.85. The number of aromatic nitrogens is 1. The largest absolute Gasteiger partial charge is 0.366 e. The third-order valence-corrected chi connectivity index (χ3v) is 4.15. The van der Waals surface area contributed by atoms with Gasteiger partial charge in [-0.15, -0.1) is 0 Å². The molecular weight excluding hydrogens is 244 g/mol.